The lowest BCUT2D eigenvalue weighted by molar-refractivity contribution is -0.384. The number of nitro benzene ring substituents is 1. The molecule has 0 atom stereocenters. The lowest BCUT2D eigenvalue weighted by atomic mass is 10.1. The van der Waals surface area contributed by atoms with Crippen LogP contribution in [0.1, 0.15) is 25.3 Å². The molecule has 4 rings (SSSR count). The fourth-order valence-electron chi connectivity index (χ4n) is 3.80. The number of hydrazone groups is 1. The molecule has 1 fully saturated rings. The van der Waals surface area contributed by atoms with Gasteiger partial charge in [-0.15, -0.1) is 0 Å². The number of rotatable bonds is 9. The summed E-state index contributed by atoms with van der Waals surface area (Å²) in [5, 5.41) is 15.8. The fourth-order valence-corrected chi connectivity index (χ4v) is 6.39. The van der Waals surface area contributed by atoms with E-state index >= 15 is 0 Å². The lowest BCUT2D eigenvalue weighted by Crippen LogP contribution is -2.27. The van der Waals surface area contributed by atoms with E-state index in [-0.39, 0.29) is 15.5 Å². The Kier molecular flexibility index (Phi) is 7.57. The molecule has 0 unspecified atom stereocenters. The van der Waals surface area contributed by atoms with Crippen molar-refractivity contribution in [2.75, 3.05) is 23.2 Å². The molecule has 0 amide bonds. The number of nitrogens with zero attached hydrogens (tertiary/aromatic N) is 3. The number of benzene rings is 3. The summed E-state index contributed by atoms with van der Waals surface area (Å²) >= 11 is 0. The van der Waals surface area contributed by atoms with Gasteiger partial charge < -0.3 is 0 Å². The van der Waals surface area contributed by atoms with Gasteiger partial charge in [0, 0.05) is 24.8 Å². The van der Waals surface area contributed by atoms with Crippen LogP contribution in [-0.4, -0.2) is 44.9 Å². The zero-order chi connectivity index (χ0) is 26.6. The minimum absolute atomic E-state index is 0.00348. The standard InChI is InChI=1S/C24H25N5O6S2/c1-18(19-9-11-21(12-10-19)37(34,35)28-15-5-6-16-28)25-26-23-14-13-22(17-24(23)29(30)31)36(32,33)27-20-7-3-2-4-8-20/h2-4,7-14,17,26-27H,5-6,15-16H2,1H3/b25-18+. The normalized spacial score (nSPS) is 14.9. The molecule has 37 heavy (non-hydrogen) atoms. The average Bonchev–Trinajstić information content (AvgIpc) is 3.44. The van der Waals surface area contributed by atoms with Gasteiger partial charge in [0.2, 0.25) is 10.0 Å². The summed E-state index contributed by atoms with van der Waals surface area (Å²) in [5.74, 6) is 0. The van der Waals surface area contributed by atoms with E-state index in [2.05, 4.69) is 15.2 Å². The first-order valence-corrected chi connectivity index (χ1v) is 14.3. The summed E-state index contributed by atoms with van der Waals surface area (Å²) in [5.41, 5.74) is 3.52. The number of hydrogen-bond acceptors (Lipinski definition) is 8. The minimum atomic E-state index is -4.05. The van der Waals surface area contributed by atoms with Crippen molar-refractivity contribution in [2.45, 2.75) is 29.6 Å². The van der Waals surface area contributed by atoms with Crippen LogP contribution in [0, 0.1) is 10.1 Å². The molecule has 0 saturated carbocycles. The summed E-state index contributed by atoms with van der Waals surface area (Å²) in [6.07, 6.45) is 1.69. The van der Waals surface area contributed by atoms with Crippen molar-refractivity contribution >= 4 is 42.8 Å². The Labute approximate surface area is 215 Å². The van der Waals surface area contributed by atoms with Crippen molar-refractivity contribution in [1.29, 1.82) is 0 Å². The smallest absolute Gasteiger partial charge is 0.280 e. The van der Waals surface area contributed by atoms with Gasteiger partial charge in [0.25, 0.3) is 15.7 Å². The van der Waals surface area contributed by atoms with Crippen molar-refractivity contribution in [2.24, 2.45) is 5.10 Å². The molecular formula is C24H25N5O6S2. The van der Waals surface area contributed by atoms with E-state index in [4.69, 9.17) is 0 Å². The molecule has 3 aromatic carbocycles. The topological polar surface area (TPSA) is 151 Å². The maximum absolute atomic E-state index is 12.7. The second-order valence-electron chi connectivity index (χ2n) is 8.35. The Hall–Kier alpha value is -3.81. The molecule has 3 aromatic rings. The molecule has 11 nitrogen and oxygen atoms in total. The zero-order valence-electron chi connectivity index (χ0n) is 19.9. The highest BCUT2D eigenvalue weighted by Gasteiger charge is 2.27. The van der Waals surface area contributed by atoms with Gasteiger partial charge in [-0.1, -0.05) is 30.3 Å². The van der Waals surface area contributed by atoms with E-state index in [9.17, 15) is 26.9 Å². The summed E-state index contributed by atoms with van der Waals surface area (Å²) in [7, 11) is -7.59. The van der Waals surface area contributed by atoms with E-state index in [0.717, 1.165) is 18.9 Å². The van der Waals surface area contributed by atoms with E-state index in [1.807, 2.05) is 0 Å². The molecule has 0 aromatic heterocycles. The van der Waals surface area contributed by atoms with Gasteiger partial charge in [-0.2, -0.15) is 9.41 Å². The van der Waals surface area contributed by atoms with Crippen molar-refractivity contribution in [1.82, 2.24) is 4.31 Å². The first-order chi connectivity index (χ1) is 17.6. The molecule has 1 heterocycles. The van der Waals surface area contributed by atoms with Crippen LogP contribution in [0.2, 0.25) is 0 Å². The van der Waals surface area contributed by atoms with E-state index in [0.29, 0.717) is 30.1 Å². The Morgan fingerprint density at radius 1 is 0.919 bits per heavy atom. The van der Waals surface area contributed by atoms with E-state index in [1.165, 1.54) is 28.6 Å². The number of nitrogens with one attached hydrogen (secondary N) is 2. The van der Waals surface area contributed by atoms with Gasteiger partial charge >= 0.3 is 0 Å². The Bertz CT molecular complexity index is 1530. The third-order valence-electron chi connectivity index (χ3n) is 5.82. The van der Waals surface area contributed by atoms with Crippen LogP contribution in [-0.2, 0) is 20.0 Å². The average molecular weight is 544 g/mol. The van der Waals surface area contributed by atoms with Gasteiger partial charge in [0.15, 0.2) is 0 Å². The first-order valence-electron chi connectivity index (χ1n) is 11.4. The number of nitro groups is 1. The number of para-hydroxylation sites is 1. The molecule has 0 aliphatic carbocycles. The lowest BCUT2D eigenvalue weighted by Gasteiger charge is -2.15. The molecular weight excluding hydrogens is 518 g/mol. The Morgan fingerprint density at radius 2 is 1.54 bits per heavy atom. The SMILES string of the molecule is C/C(=N\Nc1ccc(S(=O)(=O)Nc2ccccc2)cc1[N+](=O)[O-])c1ccc(S(=O)(=O)N2CCCC2)cc1. The van der Waals surface area contributed by atoms with Gasteiger partial charge in [-0.05, 0) is 61.7 Å². The number of sulfonamides is 2. The van der Waals surface area contributed by atoms with Gasteiger partial charge in [-0.25, -0.2) is 16.8 Å². The summed E-state index contributed by atoms with van der Waals surface area (Å²) in [6.45, 7) is 2.68. The van der Waals surface area contributed by atoms with Crippen LogP contribution in [0.5, 0.6) is 0 Å². The summed E-state index contributed by atoms with van der Waals surface area (Å²) in [4.78, 5) is 10.9. The predicted octanol–water partition coefficient (Wildman–Crippen LogP) is 4.02. The third-order valence-corrected chi connectivity index (χ3v) is 9.11. The van der Waals surface area contributed by atoms with Gasteiger partial charge in [0.05, 0.1) is 20.4 Å². The highest BCUT2D eigenvalue weighted by molar-refractivity contribution is 7.92. The van der Waals surface area contributed by atoms with Crippen molar-refractivity contribution in [3.05, 3.63) is 88.5 Å². The van der Waals surface area contributed by atoms with Crippen molar-refractivity contribution in [3.8, 4) is 0 Å². The van der Waals surface area contributed by atoms with Crippen LogP contribution in [0.3, 0.4) is 0 Å². The molecule has 1 aliphatic heterocycles. The molecule has 194 valence electrons. The second kappa shape index (κ2) is 10.7. The highest BCUT2D eigenvalue weighted by atomic mass is 32.2. The molecule has 0 radical (unpaired) electrons. The van der Waals surface area contributed by atoms with Crippen LogP contribution >= 0.6 is 0 Å². The fraction of sp³-hybridized carbons (Fsp3) is 0.208. The highest BCUT2D eigenvalue weighted by Crippen LogP contribution is 2.29. The van der Waals surface area contributed by atoms with Crippen LogP contribution < -0.4 is 10.1 Å². The Balaban J connectivity index is 1.53. The summed E-state index contributed by atoms with van der Waals surface area (Å²) in [6, 6.07) is 17.9. The number of hydrogen-bond donors (Lipinski definition) is 2. The monoisotopic (exact) mass is 543 g/mol. The molecule has 1 aliphatic rings. The largest absolute Gasteiger partial charge is 0.295 e. The van der Waals surface area contributed by atoms with Crippen LogP contribution in [0.4, 0.5) is 17.1 Å². The minimum Gasteiger partial charge on any atom is -0.280 e. The molecule has 0 bridgehead atoms. The second-order valence-corrected chi connectivity index (χ2v) is 12.0. The third kappa shape index (κ3) is 5.96. The van der Waals surface area contributed by atoms with E-state index in [1.54, 1.807) is 49.4 Å². The molecule has 1 saturated heterocycles. The zero-order valence-corrected chi connectivity index (χ0v) is 21.5. The van der Waals surface area contributed by atoms with Gasteiger partial charge in [-0.3, -0.25) is 20.3 Å². The predicted molar refractivity (Wildman–Crippen MR) is 141 cm³/mol. The van der Waals surface area contributed by atoms with Crippen LogP contribution in [0.25, 0.3) is 0 Å². The maximum atomic E-state index is 12.7. The molecule has 13 heteroatoms. The van der Waals surface area contributed by atoms with Crippen molar-refractivity contribution in [3.63, 3.8) is 0 Å². The molecule has 0 spiro atoms. The Morgan fingerprint density at radius 3 is 2.16 bits per heavy atom. The molecule has 2 N–H and O–H groups in total. The number of anilines is 2. The summed E-state index contributed by atoms with van der Waals surface area (Å²) < 4.78 is 54.6. The van der Waals surface area contributed by atoms with Gasteiger partial charge in [0.1, 0.15) is 5.69 Å². The quantitative estimate of drug-likeness (QED) is 0.235. The van der Waals surface area contributed by atoms with Crippen molar-refractivity contribution < 1.29 is 21.8 Å². The van der Waals surface area contributed by atoms with E-state index < -0.39 is 30.7 Å². The maximum Gasteiger partial charge on any atom is 0.295 e. The first kappa shape index (κ1) is 26.3. The van der Waals surface area contributed by atoms with Crippen LogP contribution in [0.15, 0.2) is 87.7 Å².